The predicted octanol–water partition coefficient (Wildman–Crippen LogP) is 4.37. The highest BCUT2D eigenvalue weighted by Gasteiger charge is 2.12. The zero-order chi connectivity index (χ0) is 14.8. The number of aromatic nitrogens is 3. The summed E-state index contributed by atoms with van der Waals surface area (Å²) in [6.07, 6.45) is 2.71. The monoisotopic (exact) mass is 319 g/mol. The Bertz CT molecular complexity index is 763. The highest BCUT2D eigenvalue weighted by Crippen LogP contribution is 2.19. The fourth-order valence-electron chi connectivity index (χ4n) is 2.41. The molecule has 0 saturated heterocycles. The minimum atomic E-state index is 0.385. The van der Waals surface area contributed by atoms with Crippen LogP contribution in [0.4, 0.5) is 0 Å². The molecule has 0 radical (unpaired) electrons. The molecular weight excluding hydrogens is 305 g/mol. The van der Waals surface area contributed by atoms with Crippen LogP contribution in [0.25, 0.3) is 11.2 Å². The lowest BCUT2D eigenvalue weighted by Gasteiger charge is -2.07. The van der Waals surface area contributed by atoms with Crippen LogP contribution in [-0.4, -0.2) is 14.5 Å². The molecule has 0 atom stereocenters. The Morgan fingerprint density at radius 3 is 2.62 bits per heavy atom. The van der Waals surface area contributed by atoms with Gasteiger partial charge in [-0.1, -0.05) is 23.7 Å². The van der Waals surface area contributed by atoms with Crippen molar-refractivity contribution in [2.75, 3.05) is 0 Å². The molecule has 21 heavy (non-hydrogen) atoms. The second-order valence-corrected chi connectivity index (χ2v) is 5.69. The first kappa shape index (κ1) is 14.4. The predicted molar refractivity (Wildman–Crippen MR) is 87.0 cm³/mol. The van der Waals surface area contributed by atoms with Crippen LogP contribution in [-0.2, 0) is 18.8 Å². The van der Waals surface area contributed by atoms with E-state index >= 15 is 0 Å². The molecule has 1 aromatic carbocycles. The average molecular weight is 320 g/mol. The van der Waals surface area contributed by atoms with Gasteiger partial charge in [0.15, 0.2) is 5.65 Å². The third-order valence-corrected chi connectivity index (χ3v) is 4.06. The van der Waals surface area contributed by atoms with Crippen LogP contribution in [0.5, 0.6) is 0 Å². The van der Waals surface area contributed by atoms with Gasteiger partial charge in [-0.3, -0.25) is 0 Å². The molecule has 5 heteroatoms. The first-order chi connectivity index (χ1) is 10.2. The molecule has 0 spiro atoms. The van der Waals surface area contributed by atoms with Crippen molar-refractivity contribution >= 4 is 34.4 Å². The summed E-state index contributed by atoms with van der Waals surface area (Å²) in [6.45, 7) is 2.84. The Balaban J connectivity index is 1.92. The Kier molecular flexibility index (Phi) is 4.13. The van der Waals surface area contributed by atoms with Crippen molar-refractivity contribution in [2.24, 2.45) is 0 Å². The zero-order valence-corrected chi connectivity index (χ0v) is 13.2. The molecule has 0 unspecified atom stereocenters. The molecule has 0 aliphatic rings. The van der Waals surface area contributed by atoms with Crippen LogP contribution in [0.2, 0.25) is 5.02 Å². The number of alkyl halides is 1. The molecule has 3 nitrogen and oxygen atoms in total. The number of imidazole rings is 1. The van der Waals surface area contributed by atoms with Gasteiger partial charge in [0.2, 0.25) is 0 Å². The number of nitrogens with zero attached hydrogens (tertiary/aromatic N) is 3. The molecule has 0 bridgehead atoms. The fourth-order valence-corrected chi connectivity index (χ4v) is 2.74. The summed E-state index contributed by atoms with van der Waals surface area (Å²) < 4.78 is 2.10. The number of hydrogen-bond acceptors (Lipinski definition) is 2. The van der Waals surface area contributed by atoms with E-state index in [9.17, 15) is 0 Å². The van der Waals surface area contributed by atoms with Crippen molar-refractivity contribution in [3.63, 3.8) is 0 Å². The number of pyridine rings is 1. The van der Waals surface area contributed by atoms with E-state index in [4.69, 9.17) is 23.2 Å². The van der Waals surface area contributed by atoms with Gasteiger partial charge >= 0.3 is 0 Å². The van der Waals surface area contributed by atoms with Crippen molar-refractivity contribution in [3.05, 3.63) is 58.5 Å². The first-order valence-corrected chi connectivity index (χ1v) is 7.71. The Hall–Kier alpha value is -1.58. The summed E-state index contributed by atoms with van der Waals surface area (Å²) >= 11 is 11.9. The number of fused-ring (bicyclic) bond motifs is 1. The lowest BCUT2D eigenvalue weighted by Crippen LogP contribution is -2.06. The van der Waals surface area contributed by atoms with Crippen LogP contribution in [0.3, 0.4) is 0 Å². The third-order valence-electron chi connectivity index (χ3n) is 3.57. The van der Waals surface area contributed by atoms with Crippen molar-refractivity contribution in [1.82, 2.24) is 14.5 Å². The van der Waals surface area contributed by atoms with Crippen molar-refractivity contribution in [1.29, 1.82) is 0 Å². The van der Waals surface area contributed by atoms with E-state index < -0.39 is 0 Å². The van der Waals surface area contributed by atoms with Crippen LogP contribution in [0, 0.1) is 6.92 Å². The van der Waals surface area contributed by atoms with Crippen LogP contribution < -0.4 is 0 Å². The summed E-state index contributed by atoms with van der Waals surface area (Å²) in [4.78, 5) is 9.06. The second-order valence-electron chi connectivity index (χ2n) is 4.99. The van der Waals surface area contributed by atoms with Crippen LogP contribution in [0.1, 0.15) is 17.0 Å². The van der Waals surface area contributed by atoms with Gasteiger partial charge in [-0.15, -0.1) is 11.6 Å². The summed E-state index contributed by atoms with van der Waals surface area (Å²) in [5.41, 5.74) is 4.19. The number of hydrogen-bond donors (Lipinski definition) is 0. The van der Waals surface area contributed by atoms with Gasteiger partial charge in [0.1, 0.15) is 11.3 Å². The molecule has 0 aliphatic heterocycles. The minimum Gasteiger partial charge on any atom is -0.311 e. The molecule has 0 N–H and O–H groups in total. The molecule has 0 amide bonds. The van der Waals surface area contributed by atoms with E-state index in [1.54, 1.807) is 0 Å². The Morgan fingerprint density at radius 1 is 1.14 bits per heavy atom. The third kappa shape index (κ3) is 2.89. The summed E-state index contributed by atoms with van der Waals surface area (Å²) in [5, 5.41) is 0.755. The van der Waals surface area contributed by atoms with E-state index in [0.29, 0.717) is 5.88 Å². The smallest absolute Gasteiger partial charge is 0.160 e. The standard InChI is InChI=1S/C16H15Cl2N3/c1-11-6-8-19-16-15(11)20-14(10-17)21(16)9-7-12-2-4-13(18)5-3-12/h2-6,8H,7,9-10H2,1H3. The van der Waals surface area contributed by atoms with Gasteiger partial charge in [0, 0.05) is 17.8 Å². The van der Waals surface area contributed by atoms with E-state index in [1.807, 2.05) is 43.5 Å². The maximum absolute atomic E-state index is 6.03. The van der Waals surface area contributed by atoms with Gasteiger partial charge in [-0.25, -0.2) is 9.97 Å². The maximum Gasteiger partial charge on any atom is 0.160 e. The lowest BCUT2D eigenvalue weighted by molar-refractivity contribution is 0.682. The van der Waals surface area contributed by atoms with Gasteiger partial charge < -0.3 is 4.57 Å². The lowest BCUT2D eigenvalue weighted by atomic mass is 10.1. The number of benzene rings is 1. The molecule has 2 aromatic heterocycles. The number of halogens is 2. The zero-order valence-electron chi connectivity index (χ0n) is 11.7. The first-order valence-electron chi connectivity index (χ1n) is 6.80. The highest BCUT2D eigenvalue weighted by molar-refractivity contribution is 6.30. The normalized spacial score (nSPS) is 11.2. The Morgan fingerprint density at radius 2 is 1.90 bits per heavy atom. The van der Waals surface area contributed by atoms with Crippen LogP contribution >= 0.6 is 23.2 Å². The maximum atomic E-state index is 6.03. The topological polar surface area (TPSA) is 30.7 Å². The molecular formula is C16H15Cl2N3. The molecule has 108 valence electrons. The van der Waals surface area contributed by atoms with E-state index in [-0.39, 0.29) is 0 Å². The van der Waals surface area contributed by atoms with Gasteiger partial charge in [0.05, 0.1) is 5.88 Å². The summed E-state index contributed by atoms with van der Waals surface area (Å²) in [6, 6.07) is 9.87. The highest BCUT2D eigenvalue weighted by atomic mass is 35.5. The van der Waals surface area contributed by atoms with Gasteiger partial charge in [0.25, 0.3) is 0 Å². The van der Waals surface area contributed by atoms with Crippen molar-refractivity contribution < 1.29 is 0 Å². The Labute approximate surface area is 133 Å². The average Bonchev–Trinajstić information content (AvgIpc) is 2.86. The summed E-state index contributed by atoms with van der Waals surface area (Å²) in [5.74, 6) is 1.25. The molecule has 3 rings (SSSR count). The van der Waals surface area contributed by atoms with Crippen molar-refractivity contribution in [2.45, 2.75) is 25.8 Å². The minimum absolute atomic E-state index is 0.385. The molecule has 0 fully saturated rings. The van der Waals surface area contributed by atoms with Gasteiger partial charge in [-0.05, 0) is 42.7 Å². The number of aryl methyl sites for hydroxylation is 3. The van der Waals surface area contributed by atoms with Crippen molar-refractivity contribution in [3.8, 4) is 0 Å². The molecule has 2 heterocycles. The van der Waals surface area contributed by atoms with E-state index in [2.05, 4.69) is 14.5 Å². The van der Waals surface area contributed by atoms with E-state index in [1.165, 1.54) is 5.56 Å². The fraction of sp³-hybridized carbons (Fsp3) is 0.250. The van der Waals surface area contributed by atoms with E-state index in [0.717, 1.165) is 40.5 Å². The summed E-state index contributed by atoms with van der Waals surface area (Å²) in [7, 11) is 0. The van der Waals surface area contributed by atoms with Gasteiger partial charge in [-0.2, -0.15) is 0 Å². The molecule has 0 aliphatic carbocycles. The second kappa shape index (κ2) is 6.04. The largest absolute Gasteiger partial charge is 0.311 e. The number of rotatable bonds is 4. The quantitative estimate of drug-likeness (QED) is 0.668. The molecule has 3 aromatic rings. The molecule has 0 saturated carbocycles. The SMILES string of the molecule is Cc1ccnc2c1nc(CCl)n2CCc1ccc(Cl)cc1. The van der Waals surface area contributed by atoms with Crippen LogP contribution in [0.15, 0.2) is 36.5 Å².